The molecule has 1 N–H and O–H groups in total. The van der Waals surface area contributed by atoms with Crippen molar-refractivity contribution in [3.63, 3.8) is 0 Å². The van der Waals surface area contributed by atoms with Crippen LogP contribution < -0.4 is 5.32 Å². The van der Waals surface area contributed by atoms with Gasteiger partial charge in [0.2, 0.25) is 0 Å². The Balaban J connectivity index is 1.99. The normalized spacial score (nSPS) is 11.5. The number of rotatable bonds is 3. The van der Waals surface area contributed by atoms with Gasteiger partial charge in [0.25, 0.3) is 5.91 Å². The summed E-state index contributed by atoms with van der Waals surface area (Å²) in [4.78, 5) is 20.3. The Kier molecular flexibility index (Phi) is 4.88. The lowest BCUT2D eigenvalue weighted by Gasteiger charge is -2.13. The third-order valence-corrected chi connectivity index (χ3v) is 3.91. The highest BCUT2D eigenvalue weighted by molar-refractivity contribution is 6.32. The molecule has 0 aliphatic carbocycles. The topological polar surface area (TPSA) is 72.7 Å². The van der Waals surface area contributed by atoms with Crippen LogP contribution in [0.2, 0.25) is 5.02 Å². The number of anilines is 1. The zero-order valence-electron chi connectivity index (χ0n) is 14.2. The molecule has 0 atom stereocenters. The number of alkyl halides is 3. The first-order chi connectivity index (χ1) is 12.6. The van der Waals surface area contributed by atoms with Gasteiger partial charge in [-0.05, 0) is 32.0 Å². The number of hydrogen-bond donors (Lipinski definition) is 1. The highest BCUT2D eigenvalue weighted by Crippen LogP contribution is 2.34. The molecule has 0 radical (unpaired) electrons. The Labute approximate surface area is 157 Å². The molecule has 140 valence electrons. The van der Waals surface area contributed by atoms with Crippen molar-refractivity contribution in [2.24, 2.45) is 0 Å². The molecule has 6 nitrogen and oxygen atoms in total. The standard InChI is InChI=1S/C17H13ClF3N5O/c1-9-5-15(24-16(27)13-8-22-10(2)7-23-13)26(25-9)14-6-11(17(19,20)21)3-4-12(14)18/h3-8H,1-2H3,(H,24,27). The van der Waals surface area contributed by atoms with Crippen molar-refractivity contribution in [2.75, 3.05) is 5.32 Å². The maximum absolute atomic E-state index is 13.0. The predicted octanol–water partition coefficient (Wildman–Crippen LogP) is 4.20. The molecule has 27 heavy (non-hydrogen) atoms. The second-order valence-electron chi connectivity index (χ2n) is 5.74. The van der Waals surface area contributed by atoms with Gasteiger partial charge in [0, 0.05) is 12.3 Å². The number of carbonyl (C=O) groups excluding carboxylic acids is 1. The molecule has 1 aromatic carbocycles. The highest BCUT2D eigenvalue weighted by Gasteiger charge is 2.31. The average molecular weight is 396 g/mol. The number of aryl methyl sites for hydroxylation is 2. The fourth-order valence-electron chi connectivity index (χ4n) is 2.31. The Bertz CT molecular complexity index is 999. The molecule has 0 aliphatic heterocycles. The first-order valence-electron chi connectivity index (χ1n) is 7.69. The molecule has 0 fully saturated rings. The van der Waals surface area contributed by atoms with E-state index in [2.05, 4.69) is 20.4 Å². The molecule has 2 heterocycles. The summed E-state index contributed by atoms with van der Waals surface area (Å²) in [5.74, 6) is -0.423. The van der Waals surface area contributed by atoms with E-state index in [1.807, 2.05) is 0 Å². The van der Waals surface area contributed by atoms with Crippen LogP contribution in [0.4, 0.5) is 19.0 Å². The first-order valence-corrected chi connectivity index (χ1v) is 8.07. The van der Waals surface area contributed by atoms with E-state index in [0.717, 1.165) is 22.9 Å². The summed E-state index contributed by atoms with van der Waals surface area (Å²) in [7, 11) is 0. The minimum Gasteiger partial charge on any atom is -0.305 e. The zero-order chi connectivity index (χ0) is 19.8. The Morgan fingerprint density at radius 2 is 1.85 bits per heavy atom. The lowest BCUT2D eigenvalue weighted by atomic mass is 10.2. The van der Waals surface area contributed by atoms with Crippen molar-refractivity contribution in [3.05, 3.63) is 64.3 Å². The number of hydrogen-bond acceptors (Lipinski definition) is 4. The summed E-state index contributed by atoms with van der Waals surface area (Å²) in [5, 5.41) is 6.76. The smallest absolute Gasteiger partial charge is 0.305 e. The second kappa shape index (κ2) is 6.99. The molecule has 0 saturated carbocycles. The molecule has 1 amide bonds. The second-order valence-corrected chi connectivity index (χ2v) is 6.15. The minimum absolute atomic E-state index is 0.00937. The van der Waals surface area contributed by atoms with E-state index >= 15 is 0 Å². The van der Waals surface area contributed by atoms with E-state index in [9.17, 15) is 18.0 Å². The highest BCUT2D eigenvalue weighted by atomic mass is 35.5. The van der Waals surface area contributed by atoms with E-state index in [1.165, 1.54) is 18.5 Å². The quantitative estimate of drug-likeness (QED) is 0.721. The Morgan fingerprint density at radius 3 is 2.48 bits per heavy atom. The summed E-state index contributed by atoms with van der Waals surface area (Å²) >= 11 is 6.07. The molecular weight excluding hydrogens is 383 g/mol. The minimum atomic E-state index is -4.54. The van der Waals surface area contributed by atoms with Gasteiger partial charge in [-0.2, -0.15) is 18.3 Å². The third kappa shape index (κ3) is 4.08. The van der Waals surface area contributed by atoms with E-state index in [1.54, 1.807) is 13.8 Å². The Hall–Kier alpha value is -2.94. The molecule has 10 heteroatoms. The predicted molar refractivity (Wildman–Crippen MR) is 93.0 cm³/mol. The molecule has 0 aliphatic rings. The monoisotopic (exact) mass is 395 g/mol. The van der Waals surface area contributed by atoms with Gasteiger partial charge in [0.05, 0.1) is 33.9 Å². The van der Waals surface area contributed by atoms with Gasteiger partial charge in [-0.3, -0.25) is 9.78 Å². The van der Waals surface area contributed by atoms with Crippen LogP contribution in [0, 0.1) is 13.8 Å². The van der Waals surface area contributed by atoms with E-state index in [0.29, 0.717) is 11.4 Å². The molecule has 3 aromatic rings. The summed E-state index contributed by atoms with van der Waals surface area (Å²) in [6.07, 6.45) is -1.81. The fraction of sp³-hybridized carbons (Fsp3) is 0.176. The van der Waals surface area contributed by atoms with E-state index in [-0.39, 0.29) is 22.2 Å². The van der Waals surface area contributed by atoms with Gasteiger partial charge in [0.1, 0.15) is 11.5 Å². The number of aromatic nitrogens is 4. The first kappa shape index (κ1) is 18.8. The van der Waals surface area contributed by atoms with Crippen molar-refractivity contribution in [1.82, 2.24) is 19.7 Å². The van der Waals surface area contributed by atoms with Crippen molar-refractivity contribution in [2.45, 2.75) is 20.0 Å². The van der Waals surface area contributed by atoms with Crippen molar-refractivity contribution in [1.29, 1.82) is 0 Å². The van der Waals surface area contributed by atoms with Crippen LogP contribution in [0.1, 0.15) is 27.4 Å². The average Bonchev–Trinajstić information content (AvgIpc) is 2.95. The number of carbonyl (C=O) groups is 1. The van der Waals surface area contributed by atoms with Crippen LogP contribution in [0.3, 0.4) is 0 Å². The molecule has 0 saturated heterocycles. The zero-order valence-corrected chi connectivity index (χ0v) is 14.9. The SMILES string of the molecule is Cc1cnc(C(=O)Nc2cc(C)nn2-c2cc(C(F)(F)F)ccc2Cl)cn1. The van der Waals surface area contributed by atoms with Gasteiger partial charge >= 0.3 is 6.18 Å². The number of amides is 1. The van der Waals surface area contributed by atoms with E-state index in [4.69, 9.17) is 11.6 Å². The van der Waals surface area contributed by atoms with Crippen LogP contribution in [0.25, 0.3) is 5.69 Å². The summed E-state index contributed by atoms with van der Waals surface area (Å²) in [6.45, 7) is 3.36. The van der Waals surface area contributed by atoms with Gasteiger partial charge in [-0.15, -0.1) is 0 Å². The summed E-state index contributed by atoms with van der Waals surface area (Å²) in [6, 6.07) is 4.39. The third-order valence-electron chi connectivity index (χ3n) is 3.59. The summed E-state index contributed by atoms with van der Waals surface area (Å²) < 4.78 is 40.2. The lowest BCUT2D eigenvalue weighted by molar-refractivity contribution is -0.137. The molecule has 2 aromatic heterocycles. The van der Waals surface area contributed by atoms with Gasteiger partial charge in [-0.25, -0.2) is 9.67 Å². The van der Waals surface area contributed by atoms with Crippen LogP contribution in [0.15, 0.2) is 36.7 Å². The van der Waals surface area contributed by atoms with E-state index < -0.39 is 17.6 Å². The number of benzene rings is 1. The largest absolute Gasteiger partial charge is 0.416 e. The van der Waals surface area contributed by atoms with Gasteiger partial charge < -0.3 is 5.32 Å². The maximum Gasteiger partial charge on any atom is 0.416 e. The van der Waals surface area contributed by atoms with Crippen molar-refractivity contribution in [3.8, 4) is 5.69 Å². The van der Waals surface area contributed by atoms with Crippen LogP contribution in [-0.4, -0.2) is 25.7 Å². The molecule has 0 spiro atoms. The lowest BCUT2D eigenvalue weighted by Crippen LogP contribution is -2.17. The maximum atomic E-state index is 13.0. The number of halogens is 4. The molecule has 3 rings (SSSR count). The number of nitrogens with zero attached hydrogens (tertiary/aromatic N) is 4. The van der Waals surface area contributed by atoms with Crippen molar-refractivity contribution < 1.29 is 18.0 Å². The molecule has 0 bridgehead atoms. The van der Waals surface area contributed by atoms with Crippen LogP contribution >= 0.6 is 11.6 Å². The fourth-order valence-corrected chi connectivity index (χ4v) is 2.51. The molecular formula is C17H13ClF3N5O. The van der Waals surface area contributed by atoms with Crippen molar-refractivity contribution >= 4 is 23.3 Å². The van der Waals surface area contributed by atoms with Gasteiger partial charge in [-0.1, -0.05) is 11.6 Å². The van der Waals surface area contributed by atoms with Crippen LogP contribution in [0.5, 0.6) is 0 Å². The van der Waals surface area contributed by atoms with Crippen LogP contribution in [-0.2, 0) is 6.18 Å². The van der Waals surface area contributed by atoms with Gasteiger partial charge in [0.15, 0.2) is 0 Å². The Morgan fingerprint density at radius 1 is 1.11 bits per heavy atom. The summed E-state index contributed by atoms with van der Waals surface area (Å²) in [5.41, 5.74) is 0.291. The number of nitrogens with one attached hydrogen (secondary N) is 1. The molecule has 0 unspecified atom stereocenters.